The minimum absolute atomic E-state index is 0.0594. The van der Waals surface area contributed by atoms with Crippen LogP contribution in [0.5, 0.6) is 0 Å². The van der Waals surface area contributed by atoms with E-state index < -0.39 is 0 Å². The van der Waals surface area contributed by atoms with E-state index in [2.05, 4.69) is 22.2 Å². The lowest BCUT2D eigenvalue weighted by atomic mass is 10.1. The topological polar surface area (TPSA) is 57.8 Å². The number of nitrogens with zero attached hydrogens (tertiary/aromatic N) is 1. The molecular formula is C12H19N3OS. The van der Waals surface area contributed by atoms with Crippen molar-refractivity contribution >= 4 is 11.8 Å². The molecule has 0 bridgehead atoms. The largest absolute Gasteiger partial charge is 0.317 e. The number of H-pyrrole nitrogens is 1. The highest BCUT2D eigenvalue weighted by Gasteiger charge is 2.32. The summed E-state index contributed by atoms with van der Waals surface area (Å²) in [5.41, 5.74) is 0.725. The molecule has 0 aliphatic heterocycles. The fraction of sp³-hybridized carbons (Fsp3) is 0.667. The van der Waals surface area contributed by atoms with Crippen molar-refractivity contribution in [3.8, 4) is 0 Å². The monoisotopic (exact) mass is 253 g/mol. The van der Waals surface area contributed by atoms with Gasteiger partial charge >= 0.3 is 0 Å². The molecule has 2 rings (SSSR count). The van der Waals surface area contributed by atoms with Crippen LogP contribution in [0, 0.1) is 12.8 Å². The Morgan fingerprint density at radius 1 is 1.53 bits per heavy atom. The van der Waals surface area contributed by atoms with E-state index in [9.17, 15) is 4.79 Å². The fourth-order valence-electron chi connectivity index (χ4n) is 2.45. The second-order valence-corrected chi connectivity index (χ2v) is 5.91. The van der Waals surface area contributed by atoms with Gasteiger partial charge < -0.3 is 10.3 Å². The van der Waals surface area contributed by atoms with Crippen LogP contribution in [0.3, 0.4) is 0 Å². The van der Waals surface area contributed by atoms with Gasteiger partial charge in [0.05, 0.1) is 0 Å². The molecule has 1 saturated carbocycles. The smallest absolute Gasteiger partial charge is 0.251 e. The molecule has 0 aromatic carbocycles. The van der Waals surface area contributed by atoms with Gasteiger partial charge in [-0.1, -0.05) is 18.7 Å². The summed E-state index contributed by atoms with van der Waals surface area (Å²) in [5, 5.41) is 4.64. The Labute approximate surface area is 106 Å². The molecule has 1 aromatic heterocycles. The predicted octanol–water partition coefficient (Wildman–Crippen LogP) is 1.56. The molecule has 17 heavy (non-hydrogen) atoms. The summed E-state index contributed by atoms with van der Waals surface area (Å²) in [7, 11) is 2.01. The maximum atomic E-state index is 11.4. The van der Waals surface area contributed by atoms with Crippen LogP contribution >= 0.6 is 11.8 Å². The van der Waals surface area contributed by atoms with Crippen LogP contribution in [0.4, 0.5) is 0 Å². The van der Waals surface area contributed by atoms with Crippen LogP contribution < -0.4 is 10.9 Å². The third-order valence-electron chi connectivity index (χ3n) is 3.47. The minimum Gasteiger partial charge on any atom is -0.317 e. The van der Waals surface area contributed by atoms with E-state index in [4.69, 9.17) is 0 Å². The zero-order chi connectivity index (χ0) is 12.4. The molecule has 3 unspecified atom stereocenters. The number of thioether (sulfide) groups is 1. The molecule has 1 heterocycles. The van der Waals surface area contributed by atoms with Gasteiger partial charge in [0.25, 0.3) is 5.56 Å². The predicted molar refractivity (Wildman–Crippen MR) is 70.5 cm³/mol. The van der Waals surface area contributed by atoms with Gasteiger partial charge in [-0.15, -0.1) is 0 Å². The molecule has 0 amide bonds. The molecule has 0 spiro atoms. The highest BCUT2D eigenvalue weighted by atomic mass is 32.2. The van der Waals surface area contributed by atoms with Crippen LogP contribution in [-0.2, 0) is 0 Å². The van der Waals surface area contributed by atoms with Crippen molar-refractivity contribution in [2.24, 2.45) is 5.92 Å². The normalized spacial score (nSPS) is 28.5. The molecule has 1 aliphatic rings. The molecule has 1 fully saturated rings. The second kappa shape index (κ2) is 5.23. The molecule has 2 N–H and O–H groups in total. The third-order valence-corrected chi connectivity index (χ3v) is 4.85. The molecule has 5 heteroatoms. The first-order valence-electron chi connectivity index (χ1n) is 6.02. The average molecular weight is 253 g/mol. The summed E-state index contributed by atoms with van der Waals surface area (Å²) in [6.07, 6.45) is 2.38. The highest BCUT2D eigenvalue weighted by molar-refractivity contribution is 7.99. The number of hydrogen-bond acceptors (Lipinski definition) is 4. The fourth-order valence-corrected chi connectivity index (χ4v) is 3.75. The van der Waals surface area contributed by atoms with Gasteiger partial charge in [-0.2, -0.15) is 0 Å². The molecule has 0 radical (unpaired) electrons. The highest BCUT2D eigenvalue weighted by Crippen LogP contribution is 2.37. The van der Waals surface area contributed by atoms with Crippen molar-refractivity contribution in [1.29, 1.82) is 0 Å². The quantitative estimate of drug-likeness (QED) is 0.803. The van der Waals surface area contributed by atoms with Crippen LogP contribution in [-0.4, -0.2) is 28.3 Å². The van der Waals surface area contributed by atoms with Gasteiger partial charge in [0, 0.05) is 23.1 Å². The van der Waals surface area contributed by atoms with E-state index in [1.165, 1.54) is 18.9 Å². The number of aryl methyl sites for hydroxylation is 1. The minimum atomic E-state index is -0.0594. The SMILES string of the molecule is CNC1CCC(Sc2nc(C)cc(=O)[nH]2)C1C. The Morgan fingerprint density at radius 3 is 2.88 bits per heavy atom. The Balaban J connectivity index is 2.09. The van der Waals surface area contributed by atoms with E-state index in [0.717, 1.165) is 10.9 Å². The molecule has 1 aliphatic carbocycles. The van der Waals surface area contributed by atoms with Crippen LogP contribution in [0.15, 0.2) is 16.0 Å². The summed E-state index contributed by atoms with van der Waals surface area (Å²) in [6, 6.07) is 2.11. The summed E-state index contributed by atoms with van der Waals surface area (Å²) in [4.78, 5) is 18.5. The van der Waals surface area contributed by atoms with Crippen molar-refractivity contribution in [2.75, 3.05) is 7.05 Å². The van der Waals surface area contributed by atoms with Gasteiger partial charge in [0.2, 0.25) is 0 Å². The second-order valence-electron chi connectivity index (χ2n) is 4.68. The van der Waals surface area contributed by atoms with Crippen molar-refractivity contribution in [3.63, 3.8) is 0 Å². The van der Waals surface area contributed by atoms with Gasteiger partial charge in [0.1, 0.15) is 0 Å². The van der Waals surface area contributed by atoms with E-state index in [0.29, 0.717) is 17.2 Å². The summed E-state index contributed by atoms with van der Waals surface area (Å²) >= 11 is 1.70. The number of aromatic nitrogens is 2. The van der Waals surface area contributed by atoms with Crippen molar-refractivity contribution in [3.05, 3.63) is 22.1 Å². The lowest BCUT2D eigenvalue weighted by molar-refractivity contribution is 0.463. The molecule has 4 nitrogen and oxygen atoms in total. The molecule has 3 atom stereocenters. The van der Waals surface area contributed by atoms with Crippen LogP contribution in [0.25, 0.3) is 0 Å². The summed E-state index contributed by atoms with van der Waals surface area (Å²) in [6.45, 7) is 4.12. The number of rotatable bonds is 3. The van der Waals surface area contributed by atoms with Crippen LogP contribution in [0.2, 0.25) is 0 Å². The first kappa shape index (κ1) is 12.6. The Bertz CT molecular complexity index is 446. The standard InChI is InChI=1S/C12H19N3OS/c1-7-6-11(16)15-12(14-7)17-10-5-4-9(13-3)8(10)2/h6,8-10,13H,4-5H2,1-3H3,(H,14,15,16). The third kappa shape index (κ3) is 2.90. The molecule has 1 aromatic rings. The van der Waals surface area contributed by atoms with Gasteiger partial charge in [0.15, 0.2) is 5.16 Å². The number of nitrogens with one attached hydrogen (secondary N) is 2. The van der Waals surface area contributed by atoms with E-state index in [1.807, 2.05) is 14.0 Å². The molecular weight excluding hydrogens is 234 g/mol. The van der Waals surface area contributed by atoms with Gasteiger partial charge in [-0.05, 0) is 32.7 Å². The van der Waals surface area contributed by atoms with Crippen molar-refractivity contribution in [1.82, 2.24) is 15.3 Å². The van der Waals surface area contributed by atoms with Crippen molar-refractivity contribution in [2.45, 2.75) is 43.1 Å². The lowest BCUT2D eigenvalue weighted by Gasteiger charge is -2.19. The van der Waals surface area contributed by atoms with Gasteiger partial charge in [-0.25, -0.2) is 4.98 Å². The van der Waals surface area contributed by atoms with Crippen molar-refractivity contribution < 1.29 is 0 Å². The first-order valence-corrected chi connectivity index (χ1v) is 6.90. The van der Waals surface area contributed by atoms with E-state index in [-0.39, 0.29) is 5.56 Å². The maximum absolute atomic E-state index is 11.4. The Kier molecular flexibility index (Phi) is 3.89. The zero-order valence-corrected chi connectivity index (χ0v) is 11.3. The Morgan fingerprint density at radius 2 is 2.29 bits per heavy atom. The number of hydrogen-bond donors (Lipinski definition) is 2. The zero-order valence-electron chi connectivity index (χ0n) is 10.5. The number of aromatic amines is 1. The van der Waals surface area contributed by atoms with E-state index >= 15 is 0 Å². The lowest BCUT2D eigenvalue weighted by Crippen LogP contribution is -2.30. The first-order chi connectivity index (χ1) is 8.10. The average Bonchev–Trinajstić information content (AvgIpc) is 2.58. The van der Waals surface area contributed by atoms with Crippen LogP contribution in [0.1, 0.15) is 25.5 Å². The Hall–Kier alpha value is -0.810. The molecule has 0 saturated heterocycles. The summed E-state index contributed by atoms with van der Waals surface area (Å²) in [5.74, 6) is 0.607. The van der Waals surface area contributed by atoms with E-state index in [1.54, 1.807) is 11.8 Å². The maximum Gasteiger partial charge on any atom is 0.251 e. The molecule has 94 valence electrons. The van der Waals surface area contributed by atoms with Gasteiger partial charge in [-0.3, -0.25) is 4.79 Å². The summed E-state index contributed by atoms with van der Waals surface area (Å²) < 4.78 is 0.